The summed E-state index contributed by atoms with van der Waals surface area (Å²) in [6, 6.07) is 0.419. The third kappa shape index (κ3) is 3.29. The van der Waals surface area contributed by atoms with E-state index in [9.17, 15) is 10.1 Å². The number of rotatable bonds is 4. The Hall–Kier alpha value is -1.17. The second-order valence-electron chi connectivity index (χ2n) is 5.46. The molecule has 1 aromatic rings. The van der Waals surface area contributed by atoms with Crippen molar-refractivity contribution in [2.75, 3.05) is 5.32 Å². The molecule has 0 spiro atoms. The number of hydrogen-bond acceptors (Lipinski definition) is 4. The molecule has 0 amide bonds. The Bertz CT molecular complexity index is 499. The van der Waals surface area contributed by atoms with Crippen molar-refractivity contribution in [1.82, 2.24) is 4.98 Å². The minimum Gasteiger partial charge on any atom is -0.366 e. The fraction of sp³-hybridized carbons (Fsp3) is 0.643. The first-order valence-electron chi connectivity index (χ1n) is 7.09. The van der Waals surface area contributed by atoms with Crippen LogP contribution in [0, 0.1) is 23.0 Å². The highest BCUT2D eigenvalue weighted by atomic mass is 79.9. The first-order valence-corrected chi connectivity index (χ1v) is 7.88. The van der Waals surface area contributed by atoms with Gasteiger partial charge in [0.2, 0.25) is 0 Å². The summed E-state index contributed by atoms with van der Waals surface area (Å²) in [5, 5.41) is 14.3. The summed E-state index contributed by atoms with van der Waals surface area (Å²) in [6.07, 6.45) is 7.37. The van der Waals surface area contributed by atoms with E-state index in [0.717, 1.165) is 18.8 Å². The summed E-state index contributed by atoms with van der Waals surface area (Å²) in [5.41, 5.74) is 0.673. The van der Waals surface area contributed by atoms with Gasteiger partial charge in [0.1, 0.15) is 12.0 Å². The third-order valence-electron chi connectivity index (χ3n) is 4.20. The molecule has 0 atom stereocenters. The van der Waals surface area contributed by atoms with Gasteiger partial charge < -0.3 is 5.32 Å². The van der Waals surface area contributed by atoms with Crippen LogP contribution in [0.25, 0.3) is 0 Å². The van der Waals surface area contributed by atoms with Gasteiger partial charge in [-0.1, -0.05) is 13.3 Å². The van der Waals surface area contributed by atoms with Crippen LogP contribution in [0.2, 0.25) is 0 Å². The Morgan fingerprint density at radius 2 is 2.10 bits per heavy atom. The smallest absolute Gasteiger partial charge is 0.291 e. The molecule has 110 valence electrons. The van der Waals surface area contributed by atoms with E-state index >= 15 is 0 Å². The maximum Gasteiger partial charge on any atom is 0.291 e. The molecule has 0 bridgehead atoms. The van der Waals surface area contributed by atoms with Crippen molar-refractivity contribution in [2.24, 2.45) is 5.92 Å². The molecule has 6 heteroatoms. The standard InChI is InChI=1S/C14H20BrN3O2/c1-3-10-4-6-11(7-5-10)17-14-13(15)9(2)12(8-16-14)18(19)20/h8,10-11H,3-7H2,1-2H3,(H,16,17). The van der Waals surface area contributed by atoms with Gasteiger partial charge in [-0.25, -0.2) is 4.98 Å². The lowest BCUT2D eigenvalue weighted by molar-refractivity contribution is -0.385. The average Bonchev–Trinajstić information content (AvgIpc) is 2.44. The van der Waals surface area contributed by atoms with Crippen LogP contribution < -0.4 is 5.32 Å². The Morgan fingerprint density at radius 1 is 1.45 bits per heavy atom. The molecule has 5 nitrogen and oxygen atoms in total. The van der Waals surface area contributed by atoms with Gasteiger partial charge >= 0.3 is 0 Å². The first-order chi connectivity index (χ1) is 9.52. The zero-order valence-corrected chi connectivity index (χ0v) is 13.4. The fourth-order valence-electron chi connectivity index (χ4n) is 2.76. The molecule has 2 rings (SSSR count). The molecule has 1 saturated carbocycles. The lowest BCUT2D eigenvalue weighted by Crippen LogP contribution is -2.26. The predicted molar refractivity (Wildman–Crippen MR) is 83.0 cm³/mol. The van der Waals surface area contributed by atoms with Crippen LogP contribution in [0.15, 0.2) is 10.7 Å². The Morgan fingerprint density at radius 3 is 2.65 bits per heavy atom. The topological polar surface area (TPSA) is 68.1 Å². The largest absolute Gasteiger partial charge is 0.366 e. The second kappa shape index (κ2) is 6.52. The zero-order chi connectivity index (χ0) is 14.7. The number of anilines is 1. The van der Waals surface area contributed by atoms with Gasteiger partial charge in [-0.05, 0) is 54.5 Å². The molecule has 1 aliphatic rings. The van der Waals surface area contributed by atoms with E-state index in [-0.39, 0.29) is 5.69 Å². The Kier molecular flexibility index (Phi) is 4.96. The van der Waals surface area contributed by atoms with Crippen LogP contribution in [-0.2, 0) is 0 Å². The summed E-state index contributed by atoms with van der Waals surface area (Å²) in [5.74, 6) is 1.57. The molecule has 0 unspecified atom stereocenters. The number of aromatic nitrogens is 1. The lowest BCUT2D eigenvalue weighted by Gasteiger charge is -2.29. The molecular weight excluding hydrogens is 322 g/mol. The molecule has 1 N–H and O–H groups in total. The van der Waals surface area contributed by atoms with Crippen molar-refractivity contribution < 1.29 is 4.92 Å². The Labute approximate surface area is 127 Å². The number of halogens is 1. The summed E-state index contributed by atoms with van der Waals surface area (Å²) in [6.45, 7) is 3.99. The molecular formula is C14H20BrN3O2. The average molecular weight is 342 g/mol. The van der Waals surface area contributed by atoms with Gasteiger partial charge in [-0.2, -0.15) is 0 Å². The van der Waals surface area contributed by atoms with Crippen LogP contribution in [0.4, 0.5) is 11.5 Å². The summed E-state index contributed by atoms with van der Waals surface area (Å²) in [4.78, 5) is 14.7. The van der Waals surface area contributed by atoms with Gasteiger partial charge in [0.05, 0.1) is 9.40 Å². The highest BCUT2D eigenvalue weighted by Gasteiger charge is 2.22. The number of nitrogens with zero attached hydrogens (tertiary/aromatic N) is 2. The molecule has 0 aromatic carbocycles. The van der Waals surface area contributed by atoms with E-state index < -0.39 is 4.92 Å². The molecule has 1 fully saturated rings. The zero-order valence-electron chi connectivity index (χ0n) is 11.9. The quantitative estimate of drug-likeness (QED) is 0.649. The Balaban J connectivity index is 2.07. The van der Waals surface area contributed by atoms with Gasteiger partial charge in [-0.15, -0.1) is 0 Å². The van der Waals surface area contributed by atoms with Crippen LogP contribution in [0.3, 0.4) is 0 Å². The summed E-state index contributed by atoms with van der Waals surface area (Å²) < 4.78 is 0.698. The molecule has 1 heterocycles. The first kappa shape index (κ1) is 15.2. The van der Waals surface area contributed by atoms with Crippen molar-refractivity contribution in [3.05, 3.63) is 26.3 Å². The molecule has 1 aliphatic carbocycles. The molecule has 0 radical (unpaired) electrons. The monoisotopic (exact) mass is 341 g/mol. The minimum absolute atomic E-state index is 0.0529. The number of nitrogens with one attached hydrogen (secondary N) is 1. The van der Waals surface area contributed by atoms with Gasteiger partial charge in [0.25, 0.3) is 5.69 Å². The van der Waals surface area contributed by atoms with E-state index in [1.54, 1.807) is 6.92 Å². The van der Waals surface area contributed by atoms with Crippen molar-refractivity contribution >= 4 is 27.4 Å². The van der Waals surface area contributed by atoms with Gasteiger partial charge in [0.15, 0.2) is 0 Å². The molecule has 0 aliphatic heterocycles. The number of hydrogen-bond donors (Lipinski definition) is 1. The molecule has 1 aromatic heterocycles. The van der Waals surface area contributed by atoms with Crippen molar-refractivity contribution in [3.63, 3.8) is 0 Å². The van der Waals surface area contributed by atoms with Gasteiger partial charge in [-0.3, -0.25) is 10.1 Å². The highest BCUT2D eigenvalue weighted by molar-refractivity contribution is 9.10. The summed E-state index contributed by atoms with van der Waals surface area (Å²) >= 11 is 3.42. The third-order valence-corrected chi connectivity index (χ3v) is 5.17. The maximum absolute atomic E-state index is 10.9. The second-order valence-corrected chi connectivity index (χ2v) is 6.25. The van der Waals surface area contributed by atoms with E-state index in [1.807, 2.05) is 0 Å². The predicted octanol–water partition coefficient (Wildman–Crippen LogP) is 4.44. The fourth-order valence-corrected chi connectivity index (χ4v) is 3.18. The van der Waals surface area contributed by atoms with E-state index in [2.05, 4.69) is 33.2 Å². The van der Waals surface area contributed by atoms with E-state index in [1.165, 1.54) is 25.5 Å². The van der Waals surface area contributed by atoms with Crippen molar-refractivity contribution in [2.45, 2.75) is 52.0 Å². The van der Waals surface area contributed by atoms with Crippen LogP contribution in [0.1, 0.15) is 44.6 Å². The number of nitro groups is 1. The SMILES string of the molecule is CCC1CCC(Nc2ncc([N+](=O)[O-])c(C)c2Br)CC1. The lowest BCUT2D eigenvalue weighted by atomic mass is 9.84. The van der Waals surface area contributed by atoms with E-state index in [4.69, 9.17) is 0 Å². The normalized spacial score (nSPS) is 22.6. The minimum atomic E-state index is -0.399. The molecule has 20 heavy (non-hydrogen) atoms. The number of pyridine rings is 1. The van der Waals surface area contributed by atoms with Crippen molar-refractivity contribution in [3.8, 4) is 0 Å². The van der Waals surface area contributed by atoms with Crippen molar-refractivity contribution in [1.29, 1.82) is 0 Å². The van der Waals surface area contributed by atoms with Gasteiger partial charge in [0, 0.05) is 11.6 Å². The summed E-state index contributed by atoms with van der Waals surface area (Å²) in [7, 11) is 0. The van der Waals surface area contributed by atoms with E-state index in [0.29, 0.717) is 21.9 Å². The maximum atomic E-state index is 10.9. The van der Waals surface area contributed by atoms with Crippen LogP contribution in [-0.4, -0.2) is 15.9 Å². The highest BCUT2D eigenvalue weighted by Crippen LogP contribution is 2.33. The van der Waals surface area contributed by atoms with Crippen LogP contribution in [0.5, 0.6) is 0 Å². The van der Waals surface area contributed by atoms with Crippen LogP contribution >= 0.6 is 15.9 Å². The molecule has 0 saturated heterocycles.